The lowest BCUT2D eigenvalue weighted by Gasteiger charge is -2.27. The second-order valence-corrected chi connectivity index (χ2v) is 6.55. The molecule has 0 spiro atoms. The molecular weight excluding hydrogens is 262 g/mol. The Morgan fingerprint density at radius 1 is 1.33 bits per heavy atom. The van der Waals surface area contributed by atoms with Crippen LogP contribution in [0.15, 0.2) is 34.9 Å². The number of pyridine rings is 1. The van der Waals surface area contributed by atoms with Crippen molar-refractivity contribution in [2.24, 2.45) is 5.92 Å². The zero-order valence-corrected chi connectivity index (χ0v) is 12.3. The predicted octanol–water partition coefficient (Wildman–Crippen LogP) is 3.95. The van der Waals surface area contributed by atoms with Gasteiger partial charge in [0.15, 0.2) is 0 Å². The first-order chi connectivity index (χ1) is 10.2. The fourth-order valence-electron chi connectivity index (χ4n) is 3.60. The second-order valence-electron chi connectivity index (χ2n) is 6.55. The van der Waals surface area contributed by atoms with Gasteiger partial charge in [0.25, 0.3) is 0 Å². The molecule has 4 unspecified atom stereocenters. The van der Waals surface area contributed by atoms with Crippen LogP contribution in [0.25, 0.3) is 0 Å². The minimum Gasteiger partial charge on any atom is -0.463 e. The van der Waals surface area contributed by atoms with Crippen LogP contribution in [-0.2, 0) is 6.42 Å². The summed E-state index contributed by atoms with van der Waals surface area (Å²) in [5.74, 6) is 3.08. The molecule has 0 amide bonds. The molecule has 21 heavy (non-hydrogen) atoms. The van der Waals surface area contributed by atoms with Crippen molar-refractivity contribution < 1.29 is 9.52 Å². The Kier molecular flexibility index (Phi) is 3.11. The molecule has 4 atom stereocenters. The van der Waals surface area contributed by atoms with Gasteiger partial charge in [0.05, 0.1) is 0 Å². The second kappa shape index (κ2) is 4.99. The molecule has 2 aliphatic rings. The van der Waals surface area contributed by atoms with Crippen LogP contribution in [0.2, 0.25) is 0 Å². The van der Waals surface area contributed by atoms with E-state index in [4.69, 9.17) is 4.42 Å². The van der Waals surface area contributed by atoms with E-state index in [1.807, 2.05) is 24.4 Å². The standard InChI is InChI=1S/C18H21NO2/c1-11-10-14(11)15-7-8-16(21-15)18(20)13-6-2-4-12-5-3-9-19-17(12)13/h3,5,7-9,11,13-14,18,20H,2,4,6,10H2,1H3. The quantitative estimate of drug-likeness (QED) is 0.927. The number of nitrogens with zero attached hydrogens (tertiary/aromatic N) is 1. The zero-order valence-electron chi connectivity index (χ0n) is 12.3. The van der Waals surface area contributed by atoms with Gasteiger partial charge in [0.2, 0.25) is 0 Å². The number of fused-ring (bicyclic) bond motifs is 1. The molecule has 0 radical (unpaired) electrons. The van der Waals surface area contributed by atoms with Crippen molar-refractivity contribution in [2.75, 3.05) is 0 Å². The van der Waals surface area contributed by atoms with Crippen molar-refractivity contribution in [3.8, 4) is 0 Å². The molecule has 1 N–H and O–H groups in total. The Bertz CT molecular complexity index is 648. The molecule has 2 heterocycles. The van der Waals surface area contributed by atoms with E-state index in [0.717, 1.165) is 36.6 Å². The van der Waals surface area contributed by atoms with E-state index in [1.54, 1.807) is 0 Å². The molecule has 110 valence electrons. The first-order valence-electron chi connectivity index (χ1n) is 7.95. The Balaban J connectivity index is 1.60. The van der Waals surface area contributed by atoms with Crippen LogP contribution in [0.1, 0.15) is 66.9 Å². The van der Waals surface area contributed by atoms with Crippen LogP contribution in [-0.4, -0.2) is 10.1 Å². The number of hydrogen-bond donors (Lipinski definition) is 1. The maximum absolute atomic E-state index is 10.7. The van der Waals surface area contributed by atoms with Crippen LogP contribution < -0.4 is 0 Å². The van der Waals surface area contributed by atoms with Gasteiger partial charge in [-0.1, -0.05) is 13.0 Å². The smallest absolute Gasteiger partial charge is 0.133 e. The highest BCUT2D eigenvalue weighted by molar-refractivity contribution is 5.29. The van der Waals surface area contributed by atoms with Gasteiger partial charge in [-0.3, -0.25) is 4.98 Å². The number of aliphatic hydroxyl groups excluding tert-OH is 1. The van der Waals surface area contributed by atoms with Crippen LogP contribution in [0.4, 0.5) is 0 Å². The van der Waals surface area contributed by atoms with Gasteiger partial charge in [-0.25, -0.2) is 0 Å². The third-order valence-electron chi connectivity index (χ3n) is 5.03. The number of aromatic nitrogens is 1. The van der Waals surface area contributed by atoms with Crippen LogP contribution in [0.3, 0.4) is 0 Å². The summed E-state index contributed by atoms with van der Waals surface area (Å²) in [6.07, 6.45) is 5.59. The van der Waals surface area contributed by atoms with Crippen LogP contribution in [0.5, 0.6) is 0 Å². The van der Waals surface area contributed by atoms with E-state index >= 15 is 0 Å². The summed E-state index contributed by atoms with van der Waals surface area (Å²) in [5, 5.41) is 10.7. The normalized spacial score (nSPS) is 29.0. The van der Waals surface area contributed by atoms with Gasteiger partial charge in [-0.05, 0) is 55.4 Å². The maximum Gasteiger partial charge on any atom is 0.133 e. The molecule has 0 saturated heterocycles. The molecular formula is C18H21NO2. The van der Waals surface area contributed by atoms with Crippen molar-refractivity contribution >= 4 is 0 Å². The first kappa shape index (κ1) is 13.1. The summed E-state index contributed by atoms with van der Waals surface area (Å²) in [6, 6.07) is 8.09. The number of aryl methyl sites for hydroxylation is 1. The Morgan fingerprint density at radius 2 is 2.19 bits per heavy atom. The van der Waals surface area contributed by atoms with Crippen molar-refractivity contribution in [1.82, 2.24) is 4.98 Å². The van der Waals surface area contributed by atoms with Crippen molar-refractivity contribution in [3.63, 3.8) is 0 Å². The SMILES string of the molecule is CC1CC1c1ccc(C(O)C2CCCc3cccnc32)o1. The van der Waals surface area contributed by atoms with Gasteiger partial charge in [0, 0.05) is 23.7 Å². The number of furan rings is 1. The summed E-state index contributed by atoms with van der Waals surface area (Å²) in [5.41, 5.74) is 2.32. The van der Waals surface area contributed by atoms with Gasteiger partial charge in [-0.15, -0.1) is 0 Å². The fraction of sp³-hybridized carbons (Fsp3) is 0.500. The van der Waals surface area contributed by atoms with E-state index in [9.17, 15) is 5.11 Å². The molecule has 0 aliphatic heterocycles. The lowest BCUT2D eigenvalue weighted by molar-refractivity contribution is 0.108. The molecule has 3 nitrogen and oxygen atoms in total. The average Bonchev–Trinajstić information content (AvgIpc) is 3.05. The molecule has 4 rings (SSSR count). The van der Waals surface area contributed by atoms with E-state index in [-0.39, 0.29) is 5.92 Å². The third kappa shape index (κ3) is 2.30. The van der Waals surface area contributed by atoms with Gasteiger partial charge >= 0.3 is 0 Å². The summed E-state index contributed by atoms with van der Waals surface area (Å²) < 4.78 is 5.93. The van der Waals surface area contributed by atoms with Gasteiger partial charge in [-0.2, -0.15) is 0 Å². The van der Waals surface area contributed by atoms with E-state index < -0.39 is 6.10 Å². The van der Waals surface area contributed by atoms with Crippen LogP contribution in [0, 0.1) is 5.92 Å². The number of rotatable bonds is 3. The van der Waals surface area contributed by atoms with E-state index in [0.29, 0.717) is 11.7 Å². The molecule has 0 aromatic carbocycles. The summed E-state index contributed by atoms with van der Waals surface area (Å²) in [7, 11) is 0. The minimum atomic E-state index is -0.582. The minimum absolute atomic E-state index is 0.0607. The Morgan fingerprint density at radius 3 is 3.00 bits per heavy atom. The van der Waals surface area contributed by atoms with E-state index in [1.165, 1.54) is 12.0 Å². The highest BCUT2D eigenvalue weighted by Gasteiger charge is 2.38. The summed E-state index contributed by atoms with van der Waals surface area (Å²) in [4.78, 5) is 4.51. The first-order valence-corrected chi connectivity index (χ1v) is 7.95. The molecule has 2 aromatic rings. The monoisotopic (exact) mass is 283 g/mol. The molecule has 2 aromatic heterocycles. The van der Waals surface area contributed by atoms with E-state index in [2.05, 4.69) is 18.0 Å². The molecule has 1 saturated carbocycles. The number of hydrogen-bond acceptors (Lipinski definition) is 3. The summed E-state index contributed by atoms with van der Waals surface area (Å²) in [6.45, 7) is 2.24. The lowest BCUT2D eigenvalue weighted by Crippen LogP contribution is -2.18. The average molecular weight is 283 g/mol. The van der Waals surface area contributed by atoms with Gasteiger partial charge < -0.3 is 9.52 Å². The predicted molar refractivity (Wildman–Crippen MR) is 80.1 cm³/mol. The highest BCUT2D eigenvalue weighted by Crippen LogP contribution is 2.48. The Labute approximate surface area is 125 Å². The molecule has 1 fully saturated rings. The maximum atomic E-state index is 10.7. The van der Waals surface area contributed by atoms with Gasteiger partial charge in [0.1, 0.15) is 17.6 Å². The largest absolute Gasteiger partial charge is 0.463 e. The molecule has 0 bridgehead atoms. The number of aliphatic hydroxyl groups is 1. The van der Waals surface area contributed by atoms with Crippen LogP contribution >= 0.6 is 0 Å². The van der Waals surface area contributed by atoms with Crippen molar-refractivity contribution in [1.29, 1.82) is 0 Å². The lowest BCUT2D eigenvalue weighted by atomic mass is 9.82. The summed E-state index contributed by atoms with van der Waals surface area (Å²) >= 11 is 0. The molecule has 2 aliphatic carbocycles. The molecule has 3 heteroatoms. The fourth-order valence-corrected chi connectivity index (χ4v) is 3.60. The third-order valence-corrected chi connectivity index (χ3v) is 5.03. The highest BCUT2D eigenvalue weighted by atomic mass is 16.4. The van der Waals surface area contributed by atoms with Crippen molar-refractivity contribution in [3.05, 3.63) is 53.2 Å². The topological polar surface area (TPSA) is 46.3 Å². The Hall–Kier alpha value is -1.61. The van der Waals surface area contributed by atoms with Crippen molar-refractivity contribution in [2.45, 2.75) is 50.5 Å². The zero-order chi connectivity index (χ0) is 14.4.